The smallest absolute Gasteiger partial charge is 0.119 e. The summed E-state index contributed by atoms with van der Waals surface area (Å²) in [6.45, 7) is 2.48. The van der Waals surface area contributed by atoms with Crippen LogP contribution in [0.15, 0.2) is 24.3 Å². The lowest BCUT2D eigenvalue weighted by Crippen LogP contribution is -2.33. The van der Waals surface area contributed by atoms with Crippen LogP contribution in [0.3, 0.4) is 0 Å². The Labute approximate surface area is 107 Å². The highest BCUT2D eigenvalue weighted by Crippen LogP contribution is 2.26. The minimum Gasteiger partial charge on any atom is -0.492 e. The van der Waals surface area contributed by atoms with Crippen molar-refractivity contribution in [2.75, 3.05) is 26.3 Å². The van der Waals surface area contributed by atoms with Crippen molar-refractivity contribution in [1.29, 1.82) is 0 Å². The third kappa shape index (κ3) is 4.19. The zero-order valence-electron chi connectivity index (χ0n) is 9.81. The van der Waals surface area contributed by atoms with Crippen LogP contribution in [0.4, 0.5) is 0 Å². The zero-order chi connectivity index (χ0) is 12.1. The number of rotatable bonds is 7. The van der Waals surface area contributed by atoms with Gasteiger partial charge in [-0.2, -0.15) is 0 Å². The van der Waals surface area contributed by atoms with Gasteiger partial charge in [0.2, 0.25) is 0 Å². The maximum Gasteiger partial charge on any atom is 0.119 e. The summed E-state index contributed by atoms with van der Waals surface area (Å²) in [6.07, 6.45) is 2.50. The summed E-state index contributed by atoms with van der Waals surface area (Å²) in [5, 5.41) is 9.68. The number of aliphatic hydroxyl groups excluding tert-OH is 1. The number of hydrogen-bond donors (Lipinski definition) is 1. The quantitative estimate of drug-likeness (QED) is 0.811. The van der Waals surface area contributed by atoms with Gasteiger partial charge >= 0.3 is 0 Å². The first-order valence-corrected chi connectivity index (χ1v) is 6.40. The summed E-state index contributed by atoms with van der Waals surface area (Å²) in [4.78, 5) is 2.29. The highest BCUT2D eigenvalue weighted by Gasteiger charge is 2.28. The van der Waals surface area contributed by atoms with Crippen molar-refractivity contribution in [2.45, 2.75) is 18.9 Å². The molecule has 1 aliphatic carbocycles. The van der Waals surface area contributed by atoms with Gasteiger partial charge in [-0.1, -0.05) is 11.6 Å². The van der Waals surface area contributed by atoms with Crippen LogP contribution in [0.5, 0.6) is 5.75 Å². The van der Waals surface area contributed by atoms with Crippen molar-refractivity contribution in [1.82, 2.24) is 4.90 Å². The van der Waals surface area contributed by atoms with E-state index >= 15 is 0 Å². The summed E-state index contributed by atoms with van der Waals surface area (Å²) in [6, 6.07) is 8.05. The number of nitrogens with zero attached hydrogens (tertiary/aromatic N) is 1. The first kappa shape index (κ1) is 12.7. The first-order chi connectivity index (χ1) is 8.29. The first-order valence-electron chi connectivity index (χ1n) is 6.03. The van der Waals surface area contributed by atoms with Crippen molar-refractivity contribution in [2.24, 2.45) is 0 Å². The van der Waals surface area contributed by atoms with Gasteiger partial charge in [0, 0.05) is 24.2 Å². The zero-order valence-corrected chi connectivity index (χ0v) is 10.6. The summed E-state index contributed by atoms with van der Waals surface area (Å²) in [5.74, 6) is 0.842. The van der Waals surface area contributed by atoms with Gasteiger partial charge in [0.05, 0.1) is 6.61 Å². The summed E-state index contributed by atoms with van der Waals surface area (Å²) < 4.78 is 5.63. The summed E-state index contributed by atoms with van der Waals surface area (Å²) in [7, 11) is 0. The lowest BCUT2D eigenvalue weighted by molar-refractivity contribution is 0.162. The average molecular weight is 256 g/mol. The fourth-order valence-electron chi connectivity index (χ4n) is 1.86. The molecule has 2 rings (SSSR count). The average Bonchev–Trinajstić information content (AvgIpc) is 3.15. The van der Waals surface area contributed by atoms with E-state index < -0.39 is 0 Å². The van der Waals surface area contributed by atoms with Crippen LogP contribution in [0.2, 0.25) is 5.02 Å². The maximum atomic E-state index is 8.96. The fourth-order valence-corrected chi connectivity index (χ4v) is 1.98. The van der Waals surface area contributed by atoms with Gasteiger partial charge in [-0.15, -0.1) is 0 Å². The van der Waals surface area contributed by atoms with Gasteiger partial charge < -0.3 is 9.84 Å². The predicted octanol–water partition coefficient (Wildman–Crippen LogP) is 2.18. The van der Waals surface area contributed by atoms with Crippen molar-refractivity contribution in [3.63, 3.8) is 0 Å². The van der Waals surface area contributed by atoms with E-state index in [1.807, 2.05) is 24.3 Å². The van der Waals surface area contributed by atoms with Crippen molar-refractivity contribution >= 4 is 11.6 Å². The minimum atomic E-state index is 0.220. The third-order valence-corrected chi connectivity index (χ3v) is 3.16. The molecule has 94 valence electrons. The largest absolute Gasteiger partial charge is 0.492 e. The Balaban J connectivity index is 1.72. The monoisotopic (exact) mass is 255 g/mol. The van der Waals surface area contributed by atoms with Crippen LogP contribution < -0.4 is 4.74 Å². The molecule has 1 saturated carbocycles. The fraction of sp³-hybridized carbons (Fsp3) is 0.538. The van der Waals surface area contributed by atoms with Gasteiger partial charge in [-0.05, 0) is 37.1 Å². The number of ether oxygens (including phenoxy) is 1. The van der Waals surface area contributed by atoms with Crippen molar-refractivity contribution < 1.29 is 9.84 Å². The molecule has 0 bridgehead atoms. The van der Waals surface area contributed by atoms with Gasteiger partial charge in [0.1, 0.15) is 12.4 Å². The van der Waals surface area contributed by atoms with Crippen molar-refractivity contribution in [3.8, 4) is 5.75 Å². The highest BCUT2D eigenvalue weighted by atomic mass is 35.5. The molecule has 0 atom stereocenters. The molecular weight excluding hydrogens is 238 g/mol. The van der Waals surface area contributed by atoms with E-state index in [9.17, 15) is 0 Å². The van der Waals surface area contributed by atoms with E-state index in [0.29, 0.717) is 12.6 Å². The second-order valence-corrected chi connectivity index (χ2v) is 4.73. The molecule has 0 aliphatic heterocycles. The van der Waals surface area contributed by atoms with E-state index in [2.05, 4.69) is 4.90 Å². The SMILES string of the molecule is OCCN(CCOc1ccc(Cl)cc1)C1CC1. The Morgan fingerprint density at radius 2 is 1.94 bits per heavy atom. The number of halogens is 1. The molecule has 0 spiro atoms. The van der Waals surface area contributed by atoms with Crippen LogP contribution in [-0.2, 0) is 0 Å². The number of hydrogen-bond acceptors (Lipinski definition) is 3. The second kappa shape index (κ2) is 6.24. The normalized spacial score (nSPS) is 15.2. The molecule has 17 heavy (non-hydrogen) atoms. The van der Waals surface area contributed by atoms with Crippen LogP contribution in [-0.4, -0.2) is 42.4 Å². The number of aliphatic hydroxyl groups is 1. The van der Waals surface area contributed by atoms with E-state index in [1.165, 1.54) is 12.8 Å². The molecule has 0 radical (unpaired) electrons. The lowest BCUT2D eigenvalue weighted by Gasteiger charge is -2.20. The van der Waals surface area contributed by atoms with Gasteiger partial charge in [0.25, 0.3) is 0 Å². The molecule has 1 aliphatic rings. The Bertz CT molecular complexity index is 338. The highest BCUT2D eigenvalue weighted by molar-refractivity contribution is 6.30. The molecule has 1 aromatic rings. The van der Waals surface area contributed by atoms with Crippen LogP contribution >= 0.6 is 11.6 Å². The van der Waals surface area contributed by atoms with Crippen LogP contribution in [0.25, 0.3) is 0 Å². The van der Waals surface area contributed by atoms with Crippen molar-refractivity contribution in [3.05, 3.63) is 29.3 Å². The molecule has 4 heteroatoms. The van der Waals surface area contributed by atoms with Crippen LogP contribution in [0, 0.1) is 0 Å². The molecule has 0 aromatic heterocycles. The Hall–Kier alpha value is -0.770. The Morgan fingerprint density at radius 3 is 2.53 bits per heavy atom. The topological polar surface area (TPSA) is 32.7 Å². The minimum absolute atomic E-state index is 0.220. The van der Waals surface area contributed by atoms with E-state index in [0.717, 1.165) is 23.9 Å². The van der Waals surface area contributed by atoms with E-state index in [1.54, 1.807) is 0 Å². The Kier molecular flexibility index (Phi) is 4.66. The van der Waals surface area contributed by atoms with Gasteiger partial charge in [-0.25, -0.2) is 0 Å². The molecule has 1 aromatic carbocycles. The predicted molar refractivity (Wildman–Crippen MR) is 68.6 cm³/mol. The molecular formula is C13H18ClNO2. The molecule has 0 amide bonds. The Morgan fingerprint density at radius 1 is 1.24 bits per heavy atom. The molecule has 1 N–H and O–H groups in total. The molecule has 3 nitrogen and oxygen atoms in total. The summed E-state index contributed by atoms with van der Waals surface area (Å²) >= 11 is 5.80. The molecule has 0 heterocycles. The maximum absolute atomic E-state index is 8.96. The van der Waals surface area contributed by atoms with E-state index in [4.69, 9.17) is 21.4 Å². The third-order valence-electron chi connectivity index (χ3n) is 2.91. The standard InChI is InChI=1S/C13H18ClNO2/c14-11-1-5-13(6-2-11)17-10-8-15(7-9-16)12-3-4-12/h1-2,5-6,12,16H,3-4,7-10H2. The summed E-state index contributed by atoms with van der Waals surface area (Å²) in [5.41, 5.74) is 0. The molecule has 0 unspecified atom stereocenters. The molecule has 1 fully saturated rings. The van der Waals surface area contributed by atoms with Crippen LogP contribution in [0.1, 0.15) is 12.8 Å². The van der Waals surface area contributed by atoms with Gasteiger partial charge in [0.15, 0.2) is 0 Å². The van der Waals surface area contributed by atoms with E-state index in [-0.39, 0.29) is 6.61 Å². The van der Waals surface area contributed by atoms with Gasteiger partial charge in [-0.3, -0.25) is 4.90 Å². The second-order valence-electron chi connectivity index (χ2n) is 4.29. The number of benzene rings is 1. The molecule has 0 saturated heterocycles. The lowest BCUT2D eigenvalue weighted by atomic mass is 10.3.